The lowest BCUT2D eigenvalue weighted by molar-refractivity contribution is 0.112. The summed E-state index contributed by atoms with van der Waals surface area (Å²) >= 11 is 0. The van der Waals surface area contributed by atoms with Gasteiger partial charge in [0, 0.05) is 32.0 Å². The molecule has 0 fully saturated rings. The average Bonchev–Trinajstić information content (AvgIpc) is 2.25. The summed E-state index contributed by atoms with van der Waals surface area (Å²) in [5, 5.41) is 0. The first-order valence-corrected chi connectivity index (χ1v) is 4.95. The number of likely N-dealkylation sites (N-methyl/N-ethyl adjacent to an activating group) is 1. The number of nitrogens with zero attached hydrogens (tertiary/aromatic N) is 1. The molecule has 0 N–H and O–H groups in total. The summed E-state index contributed by atoms with van der Waals surface area (Å²) in [7, 11) is 3.71. The SMILES string of the molecule is COCCN(C)c1ccc(C=O)cc1C. The number of hydrogen-bond donors (Lipinski definition) is 0. The standard InChI is InChI=1S/C12H17NO2/c1-10-8-11(9-14)4-5-12(10)13(2)6-7-15-3/h4-5,8-9H,6-7H2,1-3H3. The van der Waals surface area contributed by atoms with Gasteiger partial charge in [-0.3, -0.25) is 4.79 Å². The molecule has 3 heteroatoms. The summed E-state index contributed by atoms with van der Waals surface area (Å²) in [6.45, 7) is 3.55. The maximum Gasteiger partial charge on any atom is 0.150 e. The van der Waals surface area contributed by atoms with Gasteiger partial charge in [0.15, 0.2) is 0 Å². The van der Waals surface area contributed by atoms with Gasteiger partial charge in [-0.05, 0) is 30.7 Å². The zero-order valence-corrected chi connectivity index (χ0v) is 9.49. The minimum Gasteiger partial charge on any atom is -0.383 e. The van der Waals surface area contributed by atoms with Crippen molar-refractivity contribution in [2.45, 2.75) is 6.92 Å². The Hall–Kier alpha value is -1.35. The maximum absolute atomic E-state index is 10.6. The number of ether oxygens (including phenoxy) is 1. The van der Waals surface area contributed by atoms with E-state index in [1.54, 1.807) is 7.11 Å². The quantitative estimate of drug-likeness (QED) is 0.690. The van der Waals surface area contributed by atoms with Crippen LogP contribution < -0.4 is 4.90 Å². The highest BCUT2D eigenvalue weighted by Gasteiger charge is 2.04. The van der Waals surface area contributed by atoms with E-state index in [1.165, 1.54) is 0 Å². The predicted molar refractivity (Wildman–Crippen MR) is 61.7 cm³/mol. The van der Waals surface area contributed by atoms with Gasteiger partial charge >= 0.3 is 0 Å². The van der Waals surface area contributed by atoms with E-state index >= 15 is 0 Å². The first kappa shape index (κ1) is 11.7. The predicted octanol–water partition coefficient (Wildman–Crippen LogP) is 1.89. The van der Waals surface area contributed by atoms with Gasteiger partial charge in [-0.25, -0.2) is 0 Å². The molecule has 0 spiro atoms. The van der Waals surface area contributed by atoms with Crippen LogP contribution in [0.4, 0.5) is 5.69 Å². The van der Waals surface area contributed by atoms with Crippen molar-refractivity contribution in [3.63, 3.8) is 0 Å². The van der Waals surface area contributed by atoms with E-state index in [0.717, 1.165) is 29.6 Å². The lowest BCUT2D eigenvalue weighted by Crippen LogP contribution is -2.22. The molecule has 1 aromatic rings. The van der Waals surface area contributed by atoms with Gasteiger partial charge in [0.1, 0.15) is 6.29 Å². The van der Waals surface area contributed by atoms with E-state index in [2.05, 4.69) is 4.90 Å². The Balaban J connectivity index is 2.80. The van der Waals surface area contributed by atoms with Crippen molar-refractivity contribution in [2.75, 3.05) is 32.2 Å². The van der Waals surface area contributed by atoms with Crippen LogP contribution in [0.2, 0.25) is 0 Å². The number of aldehydes is 1. The Morgan fingerprint density at radius 2 is 2.20 bits per heavy atom. The van der Waals surface area contributed by atoms with E-state index in [1.807, 2.05) is 32.2 Å². The summed E-state index contributed by atoms with van der Waals surface area (Å²) in [6, 6.07) is 5.69. The summed E-state index contributed by atoms with van der Waals surface area (Å²) < 4.78 is 5.02. The van der Waals surface area contributed by atoms with Crippen molar-refractivity contribution < 1.29 is 9.53 Å². The molecule has 0 aliphatic carbocycles. The molecule has 1 aromatic carbocycles. The fraction of sp³-hybridized carbons (Fsp3) is 0.417. The number of methoxy groups -OCH3 is 1. The van der Waals surface area contributed by atoms with Crippen LogP contribution in [0.5, 0.6) is 0 Å². The molecule has 0 atom stereocenters. The van der Waals surface area contributed by atoms with Gasteiger partial charge in [-0.15, -0.1) is 0 Å². The van der Waals surface area contributed by atoms with Crippen molar-refractivity contribution in [1.29, 1.82) is 0 Å². The van der Waals surface area contributed by atoms with E-state index in [9.17, 15) is 4.79 Å². The summed E-state index contributed by atoms with van der Waals surface area (Å²) in [4.78, 5) is 12.7. The lowest BCUT2D eigenvalue weighted by atomic mass is 10.1. The van der Waals surface area contributed by atoms with E-state index in [4.69, 9.17) is 4.74 Å². The number of aryl methyl sites for hydroxylation is 1. The molecule has 0 radical (unpaired) electrons. The maximum atomic E-state index is 10.6. The summed E-state index contributed by atoms with van der Waals surface area (Å²) in [6.07, 6.45) is 0.867. The monoisotopic (exact) mass is 207 g/mol. The fourth-order valence-corrected chi connectivity index (χ4v) is 1.53. The van der Waals surface area contributed by atoms with Gasteiger partial charge in [0.05, 0.1) is 6.61 Å². The number of hydrogen-bond acceptors (Lipinski definition) is 3. The van der Waals surface area contributed by atoms with Crippen molar-refractivity contribution in [3.8, 4) is 0 Å². The number of rotatable bonds is 5. The van der Waals surface area contributed by atoms with Gasteiger partial charge in [-0.2, -0.15) is 0 Å². The number of carbonyl (C=O) groups is 1. The summed E-state index contributed by atoms with van der Waals surface area (Å²) in [5.74, 6) is 0. The molecule has 0 saturated carbocycles. The van der Waals surface area contributed by atoms with Gasteiger partial charge in [-0.1, -0.05) is 0 Å². The third kappa shape index (κ3) is 3.06. The molecule has 0 heterocycles. The van der Waals surface area contributed by atoms with E-state index in [0.29, 0.717) is 6.61 Å². The van der Waals surface area contributed by atoms with Crippen LogP contribution in [-0.2, 0) is 4.74 Å². The van der Waals surface area contributed by atoms with Gasteiger partial charge in [0.2, 0.25) is 0 Å². The van der Waals surface area contributed by atoms with Crippen LogP contribution >= 0.6 is 0 Å². The Morgan fingerprint density at radius 3 is 2.73 bits per heavy atom. The highest BCUT2D eigenvalue weighted by molar-refractivity contribution is 5.76. The molecule has 82 valence electrons. The van der Waals surface area contributed by atoms with Crippen LogP contribution in [0.15, 0.2) is 18.2 Å². The van der Waals surface area contributed by atoms with Gasteiger partial charge in [0.25, 0.3) is 0 Å². The third-order valence-corrected chi connectivity index (χ3v) is 2.40. The minimum absolute atomic E-state index is 0.700. The smallest absolute Gasteiger partial charge is 0.150 e. The van der Waals surface area contributed by atoms with Crippen LogP contribution in [-0.4, -0.2) is 33.6 Å². The van der Waals surface area contributed by atoms with Gasteiger partial charge < -0.3 is 9.64 Å². The lowest BCUT2D eigenvalue weighted by Gasteiger charge is -2.21. The van der Waals surface area contributed by atoms with Crippen molar-refractivity contribution in [2.24, 2.45) is 0 Å². The highest BCUT2D eigenvalue weighted by Crippen LogP contribution is 2.19. The van der Waals surface area contributed by atoms with Crippen molar-refractivity contribution in [1.82, 2.24) is 0 Å². The second-order valence-electron chi connectivity index (χ2n) is 3.58. The Labute approximate surface area is 90.7 Å². The Kier molecular flexibility index (Phi) is 4.31. The molecule has 0 unspecified atom stereocenters. The summed E-state index contributed by atoms with van der Waals surface area (Å²) in [5.41, 5.74) is 2.97. The first-order valence-electron chi connectivity index (χ1n) is 4.95. The minimum atomic E-state index is 0.700. The Bertz CT molecular complexity index is 336. The molecule has 3 nitrogen and oxygen atoms in total. The number of carbonyl (C=O) groups excluding carboxylic acids is 1. The van der Waals surface area contributed by atoms with Crippen molar-refractivity contribution in [3.05, 3.63) is 29.3 Å². The molecule has 0 aromatic heterocycles. The van der Waals surface area contributed by atoms with Crippen LogP contribution in [0.3, 0.4) is 0 Å². The largest absolute Gasteiger partial charge is 0.383 e. The van der Waals surface area contributed by atoms with Crippen LogP contribution in [0.25, 0.3) is 0 Å². The number of anilines is 1. The Morgan fingerprint density at radius 1 is 1.47 bits per heavy atom. The molecular formula is C12H17NO2. The zero-order chi connectivity index (χ0) is 11.3. The van der Waals surface area contributed by atoms with Crippen LogP contribution in [0, 0.1) is 6.92 Å². The molecule has 1 rings (SSSR count). The fourth-order valence-electron chi connectivity index (χ4n) is 1.53. The second kappa shape index (κ2) is 5.51. The molecule has 0 amide bonds. The van der Waals surface area contributed by atoms with E-state index < -0.39 is 0 Å². The molecule has 0 aliphatic heterocycles. The zero-order valence-electron chi connectivity index (χ0n) is 9.49. The average molecular weight is 207 g/mol. The molecule has 15 heavy (non-hydrogen) atoms. The first-order chi connectivity index (χ1) is 7.19. The topological polar surface area (TPSA) is 29.5 Å². The molecular weight excluding hydrogens is 190 g/mol. The third-order valence-electron chi connectivity index (χ3n) is 2.40. The van der Waals surface area contributed by atoms with Crippen LogP contribution in [0.1, 0.15) is 15.9 Å². The highest BCUT2D eigenvalue weighted by atomic mass is 16.5. The molecule has 0 bridgehead atoms. The molecule has 0 saturated heterocycles. The number of benzene rings is 1. The second-order valence-corrected chi connectivity index (χ2v) is 3.58. The normalized spacial score (nSPS) is 10.1. The van der Waals surface area contributed by atoms with Crippen molar-refractivity contribution >= 4 is 12.0 Å². The van der Waals surface area contributed by atoms with E-state index in [-0.39, 0.29) is 0 Å². The molecule has 0 aliphatic rings.